The number of amides is 2. The maximum absolute atomic E-state index is 12.2. The average Bonchev–Trinajstić information content (AvgIpc) is 2.67. The zero-order valence-electron chi connectivity index (χ0n) is 15.8. The van der Waals surface area contributed by atoms with Crippen molar-refractivity contribution in [1.82, 2.24) is 9.80 Å². The molecule has 7 nitrogen and oxygen atoms in total. The zero-order valence-corrected chi connectivity index (χ0v) is 15.8. The van der Waals surface area contributed by atoms with Gasteiger partial charge < -0.3 is 19.6 Å². The molecule has 0 aliphatic carbocycles. The molecule has 0 saturated heterocycles. The molecule has 7 heteroatoms. The summed E-state index contributed by atoms with van der Waals surface area (Å²) in [6, 6.07) is 10.2. The van der Waals surface area contributed by atoms with Crippen molar-refractivity contribution in [3.8, 4) is 5.75 Å². The summed E-state index contributed by atoms with van der Waals surface area (Å²) in [5.74, 6) is -1.65. The fraction of sp³-hybridized carbons (Fsp3) is 0.350. The van der Waals surface area contributed by atoms with Gasteiger partial charge in [0.05, 0.1) is 6.54 Å². The van der Waals surface area contributed by atoms with Crippen molar-refractivity contribution >= 4 is 28.6 Å². The maximum atomic E-state index is 12.2. The van der Waals surface area contributed by atoms with Gasteiger partial charge in [-0.15, -0.1) is 0 Å². The number of hydrogen-bond acceptors (Lipinski definition) is 5. The van der Waals surface area contributed by atoms with Crippen molar-refractivity contribution < 1.29 is 24.2 Å². The van der Waals surface area contributed by atoms with Crippen LogP contribution in [0.2, 0.25) is 0 Å². The van der Waals surface area contributed by atoms with Crippen molar-refractivity contribution in [2.45, 2.75) is 13.8 Å². The van der Waals surface area contributed by atoms with Crippen LogP contribution in [0.4, 0.5) is 0 Å². The molecule has 0 saturated carbocycles. The van der Waals surface area contributed by atoms with Crippen molar-refractivity contribution in [1.29, 1.82) is 0 Å². The third kappa shape index (κ3) is 4.75. The number of esters is 1. The smallest absolute Gasteiger partial charge is 0.342 e. The topological polar surface area (TPSA) is 87.2 Å². The van der Waals surface area contributed by atoms with Gasteiger partial charge >= 0.3 is 5.97 Å². The lowest BCUT2D eigenvalue weighted by atomic mass is 10.1. The van der Waals surface area contributed by atoms with Gasteiger partial charge in [-0.2, -0.15) is 0 Å². The Kier molecular flexibility index (Phi) is 6.76. The highest BCUT2D eigenvalue weighted by atomic mass is 16.5. The van der Waals surface area contributed by atoms with Gasteiger partial charge in [-0.3, -0.25) is 9.59 Å². The molecule has 2 aromatic carbocycles. The van der Waals surface area contributed by atoms with Crippen LogP contribution in [-0.2, 0) is 14.3 Å². The molecule has 0 aromatic heterocycles. The van der Waals surface area contributed by atoms with Crippen molar-refractivity contribution in [3.05, 3.63) is 42.0 Å². The molecule has 0 atom stereocenters. The SMILES string of the molecule is CCN(CC)C(=O)CN(C)C(=O)COC(=O)c1ccc2ccccc2c1O. The average molecular weight is 372 g/mol. The normalized spacial score (nSPS) is 10.5. The predicted molar refractivity (Wildman–Crippen MR) is 101 cm³/mol. The van der Waals surface area contributed by atoms with Gasteiger partial charge in [0.1, 0.15) is 11.3 Å². The van der Waals surface area contributed by atoms with Crippen LogP contribution in [0, 0.1) is 0 Å². The molecular formula is C20H24N2O5. The second-order valence-corrected chi connectivity index (χ2v) is 6.07. The number of ether oxygens (including phenoxy) is 1. The molecule has 0 fully saturated rings. The Morgan fingerprint density at radius 3 is 2.33 bits per heavy atom. The van der Waals surface area contributed by atoms with E-state index in [0.29, 0.717) is 18.5 Å². The summed E-state index contributed by atoms with van der Waals surface area (Å²) in [5.41, 5.74) is -0.0108. The van der Waals surface area contributed by atoms with Gasteiger partial charge in [-0.05, 0) is 25.3 Å². The minimum Gasteiger partial charge on any atom is -0.506 e. The zero-order chi connectivity index (χ0) is 20.0. The number of carbonyl (C=O) groups excluding carboxylic acids is 3. The number of benzene rings is 2. The quantitative estimate of drug-likeness (QED) is 0.752. The molecule has 0 aliphatic rings. The Balaban J connectivity index is 1.98. The Hall–Kier alpha value is -3.09. The molecule has 144 valence electrons. The fourth-order valence-corrected chi connectivity index (χ4v) is 2.70. The number of phenolic OH excluding ortho intramolecular Hbond substituents is 1. The standard InChI is InChI=1S/C20H24N2O5/c1-4-22(5-2)17(23)12-21(3)18(24)13-27-20(26)16-11-10-14-8-6-7-9-15(14)19(16)25/h6-11,25H,4-5,12-13H2,1-3H3. The second-order valence-electron chi connectivity index (χ2n) is 6.07. The molecule has 0 radical (unpaired) electrons. The third-order valence-electron chi connectivity index (χ3n) is 4.36. The van der Waals surface area contributed by atoms with Crippen molar-refractivity contribution in [3.63, 3.8) is 0 Å². The van der Waals surface area contributed by atoms with Gasteiger partial charge in [0.15, 0.2) is 6.61 Å². The first-order valence-electron chi connectivity index (χ1n) is 8.78. The molecule has 0 unspecified atom stereocenters. The largest absolute Gasteiger partial charge is 0.506 e. The van der Waals surface area contributed by atoms with Crippen LogP contribution < -0.4 is 0 Å². The van der Waals surface area contributed by atoms with Crippen LogP contribution >= 0.6 is 0 Å². The molecule has 2 rings (SSSR count). The summed E-state index contributed by atoms with van der Waals surface area (Å²) < 4.78 is 5.02. The Morgan fingerprint density at radius 1 is 1.00 bits per heavy atom. The molecule has 0 bridgehead atoms. The lowest BCUT2D eigenvalue weighted by Gasteiger charge is -2.23. The third-order valence-corrected chi connectivity index (χ3v) is 4.36. The number of aromatic hydroxyl groups is 1. The highest BCUT2D eigenvalue weighted by molar-refractivity contribution is 6.01. The maximum Gasteiger partial charge on any atom is 0.342 e. The van der Waals surface area contributed by atoms with Crippen LogP contribution in [0.25, 0.3) is 10.8 Å². The van der Waals surface area contributed by atoms with E-state index in [2.05, 4.69) is 0 Å². The van der Waals surface area contributed by atoms with E-state index < -0.39 is 18.5 Å². The number of carbonyl (C=O) groups is 3. The van der Waals surface area contributed by atoms with Crippen LogP contribution in [0.15, 0.2) is 36.4 Å². The lowest BCUT2D eigenvalue weighted by molar-refractivity contribution is -0.140. The first-order valence-corrected chi connectivity index (χ1v) is 8.78. The van der Waals surface area contributed by atoms with Gasteiger partial charge in [-0.25, -0.2) is 4.79 Å². The number of rotatable bonds is 7. The van der Waals surface area contributed by atoms with Gasteiger partial charge in [-0.1, -0.05) is 30.3 Å². The number of phenols is 1. The molecule has 2 aromatic rings. The minimum atomic E-state index is -0.796. The van der Waals surface area contributed by atoms with Crippen LogP contribution in [0.3, 0.4) is 0 Å². The van der Waals surface area contributed by atoms with Crippen molar-refractivity contribution in [2.24, 2.45) is 0 Å². The lowest BCUT2D eigenvalue weighted by Crippen LogP contribution is -2.42. The van der Waals surface area contributed by atoms with E-state index in [-0.39, 0.29) is 23.8 Å². The highest BCUT2D eigenvalue weighted by Crippen LogP contribution is 2.28. The molecule has 2 amide bonds. The molecular weight excluding hydrogens is 348 g/mol. The molecule has 0 heterocycles. The fourth-order valence-electron chi connectivity index (χ4n) is 2.70. The van der Waals surface area contributed by atoms with E-state index >= 15 is 0 Å². The van der Waals surface area contributed by atoms with Gasteiger partial charge in [0.2, 0.25) is 5.91 Å². The number of fused-ring (bicyclic) bond motifs is 1. The minimum absolute atomic E-state index is 0.0108. The number of hydrogen-bond donors (Lipinski definition) is 1. The van der Waals surface area contributed by atoms with Gasteiger partial charge in [0, 0.05) is 25.5 Å². The first kappa shape index (κ1) is 20.2. The number of likely N-dealkylation sites (N-methyl/N-ethyl adjacent to an activating group) is 2. The first-order chi connectivity index (χ1) is 12.9. The summed E-state index contributed by atoms with van der Waals surface area (Å²) in [5, 5.41) is 11.6. The molecule has 27 heavy (non-hydrogen) atoms. The molecule has 0 spiro atoms. The summed E-state index contributed by atoms with van der Waals surface area (Å²) in [6.45, 7) is 4.26. The van der Waals surface area contributed by atoms with E-state index in [1.54, 1.807) is 23.1 Å². The second kappa shape index (κ2) is 9.02. The summed E-state index contributed by atoms with van der Waals surface area (Å²) in [6.07, 6.45) is 0. The Morgan fingerprint density at radius 2 is 1.67 bits per heavy atom. The van der Waals surface area contributed by atoms with Crippen LogP contribution in [-0.4, -0.2) is 66.0 Å². The van der Waals surface area contributed by atoms with Crippen LogP contribution in [0.5, 0.6) is 5.75 Å². The Bertz CT molecular complexity index is 845. The predicted octanol–water partition coefficient (Wildman–Crippen LogP) is 2.03. The van der Waals surface area contributed by atoms with E-state index in [1.165, 1.54) is 18.0 Å². The van der Waals surface area contributed by atoms with E-state index in [4.69, 9.17) is 4.74 Å². The Labute approximate surface area is 158 Å². The van der Waals surface area contributed by atoms with Crippen LogP contribution in [0.1, 0.15) is 24.2 Å². The summed E-state index contributed by atoms with van der Waals surface area (Å²) in [4.78, 5) is 39.2. The van der Waals surface area contributed by atoms with E-state index in [9.17, 15) is 19.5 Å². The monoisotopic (exact) mass is 372 g/mol. The van der Waals surface area contributed by atoms with E-state index in [0.717, 1.165) is 5.39 Å². The summed E-state index contributed by atoms with van der Waals surface area (Å²) >= 11 is 0. The van der Waals surface area contributed by atoms with Gasteiger partial charge in [0.25, 0.3) is 5.91 Å². The molecule has 0 aliphatic heterocycles. The highest BCUT2D eigenvalue weighted by Gasteiger charge is 2.20. The summed E-state index contributed by atoms with van der Waals surface area (Å²) in [7, 11) is 1.48. The van der Waals surface area contributed by atoms with Crippen molar-refractivity contribution in [2.75, 3.05) is 33.3 Å². The van der Waals surface area contributed by atoms with E-state index in [1.807, 2.05) is 26.0 Å². The molecule has 1 N–H and O–H groups in total. The number of nitrogens with zero attached hydrogens (tertiary/aromatic N) is 2.